The standard InChI is InChI=1S/C17H16ClN3O2S2/c1-10-8-11(2)15(12(3)9-10)25(22,23)21-17-20-19-16(24-17)13-4-6-14(18)7-5-13/h4-9H,1-3H3,(H,20,21). The molecule has 3 aromatic rings. The van der Waals surface area contributed by atoms with Gasteiger partial charge in [0.25, 0.3) is 10.0 Å². The summed E-state index contributed by atoms with van der Waals surface area (Å²) in [6.45, 7) is 5.51. The number of sulfonamides is 1. The van der Waals surface area contributed by atoms with Crippen LogP contribution in [0.3, 0.4) is 0 Å². The zero-order chi connectivity index (χ0) is 18.2. The third-order valence-corrected chi connectivity index (χ3v) is 6.52. The van der Waals surface area contributed by atoms with Crippen molar-refractivity contribution in [2.45, 2.75) is 25.7 Å². The number of benzene rings is 2. The molecule has 0 saturated carbocycles. The summed E-state index contributed by atoms with van der Waals surface area (Å²) in [4.78, 5) is 0.279. The number of hydrogen-bond donors (Lipinski definition) is 1. The molecule has 0 spiro atoms. The summed E-state index contributed by atoms with van der Waals surface area (Å²) < 4.78 is 28.0. The molecule has 0 aliphatic heterocycles. The van der Waals surface area contributed by atoms with Crippen LogP contribution in [0, 0.1) is 20.8 Å². The lowest BCUT2D eigenvalue weighted by atomic mass is 10.1. The number of aromatic nitrogens is 2. The van der Waals surface area contributed by atoms with E-state index in [-0.39, 0.29) is 10.0 Å². The van der Waals surface area contributed by atoms with Crippen LogP contribution in [0.15, 0.2) is 41.3 Å². The maximum atomic E-state index is 12.8. The number of rotatable bonds is 4. The van der Waals surface area contributed by atoms with Crippen LogP contribution in [0.1, 0.15) is 16.7 Å². The molecule has 1 N–H and O–H groups in total. The Morgan fingerprint density at radius 3 is 2.20 bits per heavy atom. The van der Waals surface area contributed by atoms with Crippen molar-refractivity contribution in [2.24, 2.45) is 0 Å². The van der Waals surface area contributed by atoms with Gasteiger partial charge in [0.1, 0.15) is 5.01 Å². The van der Waals surface area contributed by atoms with E-state index in [0.717, 1.165) is 11.1 Å². The van der Waals surface area contributed by atoms with Crippen LogP contribution in [-0.4, -0.2) is 18.6 Å². The Labute approximate surface area is 155 Å². The minimum Gasteiger partial charge on any atom is -0.253 e. The van der Waals surface area contributed by atoms with E-state index in [4.69, 9.17) is 11.6 Å². The van der Waals surface area contributed by atoms with Crippen LogP contribution >= 0.6 is 22.9 Å². The molecule has 1 aromatic heterocycles. The number of halogens is 1. The monoisotopic (exact) mass is 393 g/mol. The van der Waals surface area contributed by atoms with Crippen molar-refractivity contribution in [1.82, 2.24) is 10.2 Å². The quantitative estimate of drug-likeness (QED) is 0.703. The highest BCUT2D eigenvalue weighted by atomic mass is 35.5. The van der Waals surface area contributed by atoms with E-state index in [2.05, 4.69) is 14.9 Å². The van der Waals surface area contributed by atoms with Gasteiger partial charge in [-0.25, -0.2) is 8.42 Å². The summed E-state index contributed by atoms with van der Waals surface area (Å²) in [6, 6.07) is 10.8. The van der Waals surface area contributed by atoms with Crippen LogP contribution < -0.4 is 4.72 Å². The normalized spacial score (nSPS) is 11.5. The van der Waals surface area contributed by atoms with Crippen molar-refractivity contribution in [3.05, 3.63) is 58.1 Å². The molecule has 0 atom stereocenters. The number of nitrogens with one attached hydrogen (secondary N) is 1. The molecular weight excluding hydrogens is 378 g/mol. The van der Waals surface area contributed by atoms with Gasteiger partial charge in [-0.3, -0.25) is 4.72 Å². The number of aryl methyl sites for hydroxylation is 3. The highest BCUT2D eigenvalue weighted by Crippen LogP contribution is 2.30. The average Bonchev–Trinajstić information content (AvgIpc) is 2.94. The van der Waals surface area contributed by atoms with Gasteiger partial charge in [-0.05, 0) is 44.0 Å². The molecule has 0 fully saturated rings. The van der Waals surface area contributed by atoms with Gasteiger partial charge in [0.05, 0.1) is 4.90 Å². The van der Waals surface area contributed by atoms with Crippen LogP contribution in [0.2, 0.25) is 5.02 Å². The zero-order valence-corrected chi connectivity index (χ0v) is 16.3. The van der Waals surface area contributed by atoms with Crippen LogP contribution in [0.4, 0.5) is 5.13 Å². The molecular formula is C17H16ClN3O2S2. The smallest absolute Gasteiger partial charge is 0.253 e. The summed E-state index contributed by atoms with van der Waals surface area (Å²) in [6.07, 6.45) is 0. The molecule has 5 nitrogen and oxygen atoms in total. The lowest BCUT2D eigenvalue weighted by molar-refractivity contribution is 0.600. The van der Waals surface area contributed by atoms with Crippen molar-refractivity contribution < 1.29 is 8.42 Å². The molecule has 8 heteroatoms. The molecule has 1 heterocycles. The van der Waals surface area contributed by atoms with E-state index >= 15 is 0 Å². The molecule has 25 heavy (non-hydrogen) atoms. The molecule has 0 aliphatic rings. The maximum Gasteiger partial charge on any atom is 0.264 e. The average molecular weight is 394 g/mol. The Kier molecular flexibility index (Phi) is 4.81. The second-order valence-corrected chi connectivity index (χ2v) is 8.79. The Morgan fingerprint density at radius 2 is 1.60 bits per heavy atom. The van der Waals surface area contributed by atoms with Crippen molar-refractivity contribution in [1.29, 1.82) is 0 Å². The summed E-state index contributed by atoms with van der Waals surface area (Å²) >= 11 is 7.05. The molecule has 130 valence electrons. The van der Waals surface area contributed by atoms with Gasteiger partial charge in [-0.2, -0.15) is 0 Å². The lowest BCUT2D eigenvalue weighted by Crippen LogP contribution is -2.15. The van der Waals surface area contributed by atoms with Gasteiger partial charge in [-0.1, -0.05) is 52.8 Å². The number of anilines is 1. The topological polar surface area (TPSA) is 72.0 Å². The first-order valence-corrected chi connectivity index (χ1v) is 10.1. The Balaban J connectivity index is 1.91. The fourth-order valence-electron chi connectivity index (χ4n) is 2.73. The van der Waals surface area contributed by atoms with Gasteiger partial charge in [0.2, 0.25) is 5.13 Å². The zero-order valence-electron chi connectivity index (χ0n) is 13.9. The lowest BCUT2D eigenvalue weighted by Gasteiger charge is -2.12. The molecule has 0 unspecified atom stereocenters. The fourth-order valence-corrected chi connectivity index (χ4v) is 5.29. The van der Waals surface area contributed by atoms with Crippen molar-refractivity contribution in [3.63, 3.8) is 0 Å². The first-order chi connectivity index (χ1) is 11.8. The van der Waals surface area contributed by atoms with Gasteiger partial charge in [0.15, 0.2) is 0 Å². The molecule has 0 amide bonds. The predicted octanol–water partition coefficient (Wildman–Crippen LogP) is 4.58. The summed E-state index contributed by atoms with van der Waals surface area (Å²) in [5, 5.41) is 9.47. The molecule has 0 saturated heterocycles. The van der Waals surface area contributed by atoms with E-state index in [9.17, 15) is 8.42 Å². The summed E-state index contributed by atoms with van der Waals surface area (Å²) in [7, 11) is -3.73. The van der Waals surface area contributed by atoms with E-state index < -0.39 is 10.0 Å². The minimum absolute atomic E-state index is 0.226. The third-order valence-electron chi connectivity index (χ3n) is 3.61. The first-order valence-electron chi connectivity index (χ1n) is 7.46. The minimum atomic E-state index is -3.73. The predicted molar refractivity (Wildman–Crippen MR) is 102 cm³/mol. The van der Waals surface area contributed by atoms with E-state index in [0.29, 0.717) is 21.2 Å². The van der Waals surface area contributed by atoms with Gasteiger partial charge < -0.3 is 0 Å². The largest absolute Gasteiger partial charge is 0.264 e. The summed E-state index contributed by atoms with van der Waals surface area (Å²) in [5.74, 6) is 0. The van der Waals surface area contributed by atoms with Crippen molar-refractivity contribution in [3.8, 4) is 10.6 Å². The van der Waals surface area contributed by atoms with Crippen molar-refractivity contribution in [2.75, 3.05) is 4.72 Å². The van der Waals surface area contributed by atoms with Gasteiger partial charge in [-0.15, -0.1) is 10.2 Å². The Bertz CT molecular complexity index is 1010. The Morgan fingerprint density at radius 1 is 1.00 bits per heavy atom. The number of hydrogen-bond acceptors (Lipinski definition) is 5. The molecule has 0 radical (unpaired) electrons. The van der Waals surface area contributed by atoms with Crippen LogP contribution in [0.5, 0.6) is 0 Å². The van der Waals surface area contributed by atoms with Gasteiger partial charge in [0, 0.05) is 10.6 Å². The molecule has 3 rings (SSSR count). The number of nitrogens with zero attached hydrogens (tertiary/aromatic N) is 2. The van der Waals surface area contributed by atoms with Crippen LogP contribution in [0.25, 0.3) is 10.6 Å². The molecule has 0 aliphatic carbocycles. The second-order valence-electron chi connectivity index (χ2n) is 5.75. The Hall–Kier alpha value is -1.96. The highest BCUT2D eigenvalue weighted by Gasteiger charge is 2.22. The molecule has 0 bridgehead atoms. The third kappa shape index (κ3) is 3.84. The maximum absolute atomic E-state index is 12.8. The van der Waals surface area contributed by atoms with Crippen molar-refractivity contribution >= 4 is 38.1 Å². The van der Waals surface area contributed by atoms with Gasteiger partial charge >= 0.3 is 0 Å². The van der Waals surface area contributed by atoms with Crippen LogP contribution in [-0.2, 0) is 10.0 Å². The van der Waals surface area contributed by atoms with E-state index in [1.807, 2.05) is 31.2 Å². The SMILES string of the molecule is Cc1cc(C)c(S(=O)(=O)Nc2nnc(-c3ccc(Cl)cc3)s2)c(C)c1. The van der Waals surface area contributed by atoms with E-state index in [1.54, 1.807) is 26.0 Å². The molecule has 2 aromatic carbocycles. The van der Waals surface area contributed by atoms with E-state index in [1.165, 1.54) is 11.3 Å². The summed E-state index contributed by atoms with van der Waals surface area (Å²) in [5.41, 5.74) is 3.25. The second kappa shape index (κ2) is 6.74. The fraction of sp³-hybridized carbons (Fsp3) is 0.176. The highest BCUT2D eigenvalue weighted by molar-refractivity contribution is 7.93. The first kappa shape index (κ1) is 17.8.